The lowest BCUT2D eigenvalue weighted by Crippen LogP contribution is -2.37. The number of hydrogen-bond donors (Lipinski definition) is 3. The summed E-state index contributed by atoms with van der Waals surface area (Å²) in [6.45, 7) is 7.58. The highest BCUT2D eigenvalue weighted by atomic mass is 32.2. The fourth-order valence-corrected chi connectivity index (χ4v) is 3.39. The number of aryl methyl sites for hydroxylation is 1. The number of thioether (sulfide) groups is 1. The highest BCUT2D eigenvalue weighted by Gasteiger charge is 2.20. The number of rotatable bonds is 6. The van der Waals surface area contributed by atoms with Crippen LogP contribution >= 0.6 is 23.1 Å². The van der Waals surface area contributed by atoms with Gasteiger partial charge in [0.15, 0.2) is 0 Å². The average molecular weight is 316 g/mol. The monoisotopic (exact) mass is 316 g/mol. The van der Waals surface area contributed by atoms with Gasteiger partial charge in [0, 0.05) is 16.7 Å². The smallest absolute Gasteiger partial charge is 0.338 e. The maximum absolute atomic E-state index is 11.9. The van der Waals surface area contributed by atoms with Gasteiger partial charge in [-0.3, -0.25) is 5.32 Å². The molecule has 0 aliphatic heterocycles. The second-order valence-electron chi connectivity index (χ2n) is 4.45. The van der Waals surface area contributed by atoms with Crippen molar-refractivity contribution in [2.45, 2.75) is 33.7 Å². The molecule has 3 N–H and O–H groups in total. The number of carbonyl (C=O) groups is 2. The molecular weight excluding hydrogens is 296 g/mol. The zero-order valence-corrected chi connectivity index (χ0v) is 13.7. The largest absolute Gasteiger partial charge is 0.478 e. The van der Waals surface area contributed by atoms with Crippen LogP contribution in [0.4, 0.5) is 9.80 Å². The lowest BCUT2D eigenvalue weighted by atomic mass is 10.1. The van der Waals surface area contributed by atoms with Gasteiger partial charge in [-0.15, -0.1) is 11.3 Å². The number of amides is 2. The summed E-state index contributed by atoms with van der Waals surface area (Å²) in [5.74, 6) is 0.815. The Bertz CT molecular complexity index is 500. The number of anilines is 1. The summed E-state index contributed by atoms with van der Waals surface area (Å²) in [4.78, 5) is 24.0. The summed E-state index contributed by atoms with van der Waals surface area (Å²) >= 11 is 3.03. The average Bonchev–Trinajstić information content (AvgIpc) is 2.61. The van der Waals surface area contributed by atoms with Gasteiger partial charge in [0.1, 0.15) is 5.00 Å². The maximum atomic E-state index is 11.9. The number of thiophene rings is 1. The Balaban J connectivity index is 2.71. The predicted molar refractivity (Wildman–Crippen MR) is 85.4 cm³/mol. The molecule has 0 bridgehead atoms. The molecule has 1 heterocycles. The normalized spacial score (nSPS) is 12.0. The minimum Gasteiger partial charge on any atom is -0.478 e. The van der Waals surface area contributed by atoms with E-state index in [1.165, 1.54) is 11.3 Å². The first-order valence-electron chi connectivity index (χ1n) is 6.35. The van der Waals surface area contributed by atoms with E-state index in [-0.39, 0.29) is 17.6 Å². The molecule has 0 radical (unpaired) electrons. The maximum Gasteiger partial charge on any atom is 0.338 e. The molecule has 1 aromatic rings. The molecule has 2 amide bonds. The molecule has 0 spiro atoms. The van der Waals surface area contributed by atoms with Crippen molar-refractivity contribution in [3.05, 3.63) is 16.0 Å². The summed E-state index contributed by atoms with van der Waals surface area (Å²) in [5, 5.41) is 15.0. The van der Waals surface area contributed by atoms with Gasteiger partial charge in [0.2, 0.25) is 0 Å². The number of hydrogen-bond acceptors (Lipinski definition) is 4. The molecule has 112 valence electrons. The summed E-state index contributed by atoms with van der Waals surface area (Å²) in [6.07, 6.45) is 0. The SMILES string of the molecule is CCSCC(C)NC(=O)Nc1sc(C)c(C)c1C(=O)O. The predicted octanol–water partition coefficient (Wildman–Crippen LogP) is 3.33. The van der Waals surface area contributed by atoms with Crippen molar-refractivity contribution in [3.8, 4) is 0 Å². The molecule has 1 atom stereocenters. The van der Waals surface area contributed by atoms with Crippen LogP contribution in [-0.2, 0) is 0 Å². The highest BCUT2D eigenvalue weighted by molar-refractivity contribution is 7.99. The highest BCUT2D eigenvalue weighted by Crippen LogP contribution is 2.32. The van der Waals surface area contributed by atoms with Crippen LogP contribution in [0, 0.1) is 13.8 Å². The van der Waals surface area contributed by atoms with E-state index < -0.39 is 5.97 Å². The molecule has 20 heavy (non-hydrogen) atoms. The molecule has 0 fully saturated rings. The van der Waals surface area contributed by atoms with Gasteiger partial charge in [-0.1, -0.05) is 6.92 Å². The van der Waals surface area contributed by atoms with Crippen LogP contribution in [0.25, 0.3) is 0 Å². The summed E-state index contributed by atoms with van der Waals surface area (Å²) in [5.41, 5.74) is 0.880. The van der Waals surface area contributed by atoms with Gasteiger partial charge < -0.3 is 10.4 Å². The number of aromatic carboxylic acids is 1. The first-order chi connectivity index (χ1) is 9.36. The second-order valence-corrected chi connectivity index (χ2v) is 7.00. The number of nitrogens with one attached hydrogen (secondary N) is 2. The molecular formula is C13H20N2O3S2. The Morgan fingerprint density at radius 2 is 2.05 bits per heavy atom. The summed E-state index contributed by atoms with van der Waals surface area (Å²) < 4.78 is 0. The Labute approximate surface area is 127 Å². The fraction of sp³-hybridized carbons (Fsp3) is 0.538. The zero-order chi connectivity index (χ0) is 15.3. The van der Waals surface area contributed by atoms with Gasteiger partial charge in [0.25, 0.3) is 0 Å². The van der Waals surface area contributed by atoms with E-state index in [0.29, 0.717) is 10.6 Å². The molecule has 0 aromatic carbocycles. The molecule has 5 nitrogen and oxygen atoms in total. The lowest BCUT2D eigenvalue weighted by Gasteiger charge is -2.13. The van der Waals surface area contributed by atoms with Crippen molar-refractivity contribution in [2.24, 2.45) is 0 Å². The lowest BCUT2D eigenvalue weighted by molar-refractivity contribution is 0.0697. The molecule has 1 rings (SSSR count). The fourth-order valence-electron chi connectivity index (χ4n) is 1.67. The zero-order valence-electron chi connectivity index (χ0n) is 12.1. The number of carbonyl (C=O) groups excluding carboxylic acids is 1. The summed E-state index contributed by atoms with van der Waals surface area (Å²) in [6, 6.07) is -0.326. The van der Waals surface area contributed by atoms with Crippen molar-refractivity contribution in [1.29, 1.82) is 0 Å². The van der Waals surface area contributed by atoms with E-state index >= 15 is 0 Å². The standard InChI is InChI=1S/C13H20N2O3S2/c1-5-19-6-7(2)14-13(18)15-11-10(12(16)17)8(3)9(4)20-11/h7H,5-6H2,1-4H3,(H,16,17)(H2,14,15,18). The van der Waals surface area contributed by atoms with Crippen LogP contribution in [0.5, 0.6) is 0 Å². The van der Waals surface area contributed by atoms with Crippen LogP contribution in [0.1, 0.15) is 34.6 Å². The topological polar surface area (TPSA) is 78.4 Å². The van der Waals surface area contributed by atoms with E-state index in [9.17, 15) is 14.7 Å². The third kappa shape index (κ3) is 4.42. The second kappa shape index (κ2) is 7.54. The van der Waals surface area contributed by atoms with E-state index in [1.54, 1.807) is 18.7 Å². The first kappa shape index (κ1) is 16.8. The van der Waals surface area contributed by atoms with Crippen molar-refractivity contribution in [1.82, 2.24) is 5.32 Å². The third-order valence-corrected chi connectivity index (χ3v) is 5.04. The van der Waals surface area contributed by atoms with Gasteiger partial charge >= 0.3 is 12.0 Å². The minimum absolute atomic E-state index is 0.0374. The minimum atomic E-state index is -1.02. The summed E-state index contributed by atoms with van der Waals surface area (Å²) in [7, 11) is 0. The third-order valence-electron chi connectivity index (χ3n) is 2.78. The Morgan fingerprint density at radius 3 is 2.60 bits per heavy atom. The van der Waals surface area contributed by atoms with Crippen LogP contribution in [0.2, 0.25) is 0 Å². The molecule has 0 saturated heterocycles. The molecule has 7 heteroatoms. The number of urea groups is 1. The van der Waals surface area contributed by atoms with E-state index in [1.807, 2.05) is 13.8 Å². The van der Waals surface area contributed by atoms with Crippen LogP contribution in [0.15, 0.2) is 0 Å². The molecule has 0 aliphatic rings. The van der Waals surface area contributed by atoms with Gasteiger partial charge in [-0.2, -0.15) is 11.8 Å². The molecule has 0 aliphatic carbocycles. The van der Waals surface area contributed by atoms with Gasteiger partial charge in [0.05, 0.1) is 5.56 Å². The number of carboxylic acid groups (broad SMARTS) is 1. The van der Waals surface area contributed by atoms with Crippen LogP contribution in [-0.4, -0.2) is 34.7 Å². The van der Waals surface area contributed by atoms with Crippen LogP contribution < -0.4 is 10.6 Å². The van der Waals surface area contributed by atoms with Crippen molar-refractivity contribution >= 4 is 40.1 Å². The Morgan fingerprint density at radius 1 is 1.40 bits per heavy atom. The molecule has 0 saturated carbocycles. The van der Waals surface area contributed by atoms with Gasteiger partial charge in [-0.05, 0) is 32.1 Å². The van der Waals surface area contributed by atoms with Crippen molar-refractivity contribution < 1.29 is 14.7 Å². The quantitative estimate of drug-likeness (QED) is 0.752. The van der Waals surface area contributed by atoms with Crippen molar-refractivity contribution in [2.75, 3.05) is 16.8 Å². The Kier molecular flexibility index (Phi) is 6.35. The van der Waals surface area contributed by atoms with E-state index in [2.05, 4.69) is 17.6 Å². The van der Waals surface area contributed by atoms with Crippen LogP contribution in [0.3, 0.4) is 0 Å². The molecule has 1 aromatic heterocycles. The first-order valence-corrected chi connectivity index (χ1v) is 8.32. The van der Waals surface area contributed by atoms with E-state index in [0.717, 1.165) is 16.4 Å². The van der Waals surface area contributed by atoms with E-state index in [4.69, 9.17) is 0 Å². The Hall–Kier alpha value is -1.21. The van der Waals surface area contributed by atoms with Crippen molar-refractivity contribution in [3.63, 3.8) is 0 Å². The molecule has 1 unspecified atom stereocenters. The number of carboxylic acids is 1. The van der Waals surface area contributed by atoms with Gasteiger partial charge in [-0.25, -0.2) is 9.59 Å².